The van der Waals surface area contributed by atoms with E-state index in [2.05, 4.69) is 61.5 Å². The lowest BCUT2D eigenvalue weighted by Gasteiger charge is -2.14. The van der Waals surface area contributed by atoms with Crippen LogP contribution in [0.1, 0.15) is 46.0 Å². The summed E-state index contributed by atoms with van der Waals surface area (Å²) in [6.07, 6.45) is 1.04. The summed E-state index contributed by atoms with van der Waals surface area (Å²) in [5.74, 6) is 2.31. The fourth-order valence-electron chi connectivity index (χ4n) is 2.24. The van der Waals surface area contributed by atoms with Gasteiger partial charge in [0.15, 0.2) is 11.0 Å². The standard InChI is InChI=1S/C18H27N3OS/c1-6-15-7-9-16(10-8-15)22-12-17-19-20-18(23-14(4)5)21(17)11-13(2)3/h7-10,13-14H,6,11-12H2,1-5H3. The molecule has 0 spiro atoms. The minimum atomic E-state index is 0.448. The van der Waals surface area contributed by atoms with Gasteiger partial charge in [0, 0.05) is 11.8 Å². The number of nitrogens with zero attached hydrogens (tertiary/aromatic N) is 3. The molecule has 0 bridgehead atoms. The van der Waals surface area contributed by atoms with Crippen LogP contribution in [0.2, 0.25) is 0 Å². The van der Waals surface area contributed by atoms with Gasteiger partial charge < -0.3 is 9.30 Å². The fraction of sp³-hybridized carbons (Fsp3) is 0.556. The van der Waals surface area contributed by atoms with Crippen molar-refractivity contribution in [3.8, 4) is 5.75 Å². The summed E-state index contributed by atoms with van der Waals surface area (Å²) >= 11 is 1.75. The number of hydrogen-bond acceptors (Lipinski definition) is 4. The highest BCUT2D eigenvalue weighted by Crippen LogP contribution is 2.23. The second kappa shape index (κ2) is 8.39. The highest BCUT2D eigenvalue weighted by atomic mass is 32.2. The molecule has 2 aromatic rings. The summed E-state index contributed by atoms with van der Waals surface area (Å²) in [6.45, 7) is 12.3. The molecule has 23 heavy (non-hydrogen) atoms. The van der Waals surface area contributed by atoms with Gasteiger partial charge in [0.1, 0.15) is 12.4 Å². The van der Waals surface area contributed by atoms with E-state index in [1.165, 1.54) is 5.56 Å². The summed E-state index contributed by atoms with van der Waals surface area (Å²) in [5.41, 5.74) is 1.32. The Morgan fingerprint density at radius 3 is 2.35 bits per heavy atom. The molecule has 0 radical (unpaired) electrons. The van der Waals surface area contributed by atoms with Gasteiger partial charge in [-0.15, -0.1) is 10.2 Å². The molecule has 0 aliphatic rings. The first-order valence-corrected chi connectivity index (χ1v) is 9.18. The molecular formula is C18H27N3OS. The van der Waals surface area contributed by atoms with E-state index in [1.807, 2.05) is 12.1 Å². The van der Waals surface area contributed by atoms with Crippen molar-refractivity contribution in [1.82, 2.24) is 14.8 Å². The molecular weight excluding hydrogens is 306 g/mol. The van der Waals surface area contributed by atoms with Gasteiger partial charge in [-0.05, 0) is 30.0 Å². The Balaban J connectivity index is 2.09. The van der Waals surface area contributed by atoms with E-state index in [4.69, 9.17) is 4.74 Å². The van der Waals surface area contributed by atoms with Crippen LogP contribution in [-0.4, -0.2) is 20.0 Å². The summed E-state index contributed by atoms with van der Waals surface area (Å²) in [6, 6.07) is 8.25. The monoisotopic (exact) mass is 333 g/mol. The number of aryl methyl sites for hydroxylation is 1. The number of thioether (sulfide) groups is 1. The van der Waals surface area contributed by atoms with Crippen molar-refractivity contribution in [1.29, 1.82) is 0 Å². The zero-order chi connectivity index (χ0) is 16.8. The van der Waals surface area contributed by atoms with Crippen molar-refractivity contribution >= 4 is 11.8 Å². The topological polar surface area (TPSA) is 39.9 Å². The lowest BCUT2D eigenvalue weighted by atomic mass is 10.2. The molecule has 0 amide bonds. The van der Waals surface area contributed by atoms with E-state index in [9.17, 15) is 0 Å². The predicted molar refractivity (Wildman–Crippen MR) is 96.0 cm³/mol. The summed E-state index contributed by atoms with van der Waals surface area (Å²) in [4.78, 5) is 0. The van der Waals surface area contributed by atoms with Gasteiger partial charge >= 0.3 is 0 Å². The van der Waals surface area contributed by atoms with Crippen molar-refractivity contribution in [2.75, 3.05) is 0 Å². The van der Waals surface area contributed by atoms with E-state index < -0.39 is 0 Å². The Labute approximate surface area is 143 Å². The second-order valence-corrected chi connectivity index (χ2v) is 7.90. The number of aromatic nitrogens is 3. The van der Waals surface area contributed by atoms with Gasteiger partial charge in [-0.25, -0.2) is 0 Å². The van der Waals surface area contributed by atoms with E-state index in [0.717, 1.165) is 29.7 Å². The molecule has 1 heterocycles. The van der Waals surface area contributed by atoms with Gasteiger partial charge in [0.25, 0.3) is 0 Å². The Morgan fingerprint density at radius 1 is 1.09 bits per heavy atom. The molecule has 0 unspecified atom stereocenters. The maximum absolute atomic E-state index is 5.90. The van der Waals surface area contributed by atoms with Crippen LogP contribution < -0.4 is 4.74 Å². The Morgan fingerprint density at radius 2 is 1.78 bits per heavy atom. The number of hydrogen-bond donors (Lipinski definition) is 0. The molecule has 1 aromatic heterocycles. The first kappa shape index (κ1) is 17.9. The minimum Gasteiger partial charge on any atom is -0.486 e. The van der Waals surface area contributed by atoms with Crippen LogP contribution in [0, 0.1) is 5.92 Å². The largest absolute Gasteiger partial charge is 0.486 e. The maximum Gasteiger partial charge on any atom is 0.191 e. The van der Waals surface area contributed by atoms with Gasteiger partial charge in [0.2, 0.25) is 0 Å². The molecule has 2 rings (SSSR count). The SMILES string of the molecule is CCc1ccc(OCc2nnc(SC(C)C)n2CC(C)C)cc1. The zero-order valence-corrected chi connectivity index (χ0v) is 15.6. The zero-order valence-electron chi connectivity index (χ0n) is 14.7. The summed E-state index contributed by atoms with van der Waals surface area (Å²) in [5, 5.41) is 10.1. The molecule has 0 saturated heterocycles. The molecule has 0 atom stereocenters. The lowest BCUT2D eigenvalue weighted by Crippen LogP contribution is -2.12. The van der Waals surface area contributed by atoms with Crippen molar-refractivity contribution in [2.24, 2.45) is 5.92 Å². The third kappa shape index (κ3) is 5.27. The highest BCUT2D eigenvalue weighted by molar-refractivity contribution is 7.99. The van der Waals surface area contributed by atoms with Gasteiger partial charge in [0.05, 0.1) is 0 Å². The average molecular weight is 334 g/mol. The lowest BCUT2D eigenvalue weighted by molar-refractivity contribution is 0.284. The van der Waals surface area contributed by atoms with Gasteiger partial charge in [-0.3, -0.25) is 0 Å². The van der Waals surface area contributed by atoms with Crippen molar-refractivity contribution in [3.05, 3.63) is 35.7 Å². The third-order valence-corrected chi connectivity index (χ3v) is 4.37. The molecule has 0 saturated carbocycles. The fourth-order valence-corrected chi connectivity index (χ4v) is 3.06. The van der Waals surface area contributed by atoms with Crippen LogP contribution in [-0.2, 0) is 19.6 Å². The number of rotatable bonds is 8. The van der Waals surface area contributed by atoms with Crippen LogP contribution in [0.4, 0.5) is 0 Å². The van der Waals surface area contributed by atoms with Gasteiger partial charge in [-0.2, -0.15) is 0 Å². The number of ether oxygens (including phenoxy) is 1. The third-order valence-electron chi connectivity index (χ3n) is 3.38. The van der Waals surface area contributed by atoms with Crippen LogP contribution in [0.15, 0.2) is 29.4 Å². The Kier molecular flexibility index (Phi) is 6.51. The molecule has 5 heteroatoms. The molecule has 0 aliphatic heterocycles. The maximum atomic E-state index is 5.90. The number of benzene rings is 1. The minimum absolute atomic E-state index is 0.448. The quantitative estimate of drug-likeness (QED) is 0.663. The second-order valence-electron chi connectivity index (χ2n) is 6.36. The predicted octanol–water partition coefficient (Wildman–Crippen LogP) is 4.58. The molecule has 126 valence electrons. The van der Waals surface area contributed by atoms with E-state index in [1.54, 1.807) is 11.8 Å². The Bertz CT molecular complexity index is 605. The smallest absolute Gasteiger partial charge is 0.191 e. The molecule has 0 aliphatic carbocycles. The normalized spacial score (nSPS) is 11.4. The van der Waals surface area contributed by atoms with E-state index >= 15 is 0 Å². The van der Waals surface area contributed by atoms with Gasteiger partial charge in [-0.1, -0.05) is 58.5 Å². The Hall–Kier alpha value is -1.49. The highest BCUT2D eigenvalue weighted by Gasteiger charge is 2.15. The first-order valence-electron chi connectivity index (χ1n) is 8.30. The molecule has 0 N–H and O–H groups in total. The van der Waals surface area contributed by atoms with E-state index in [0.29, 0.717) is 17.8 Å². The van der Waals surface area contributed by atoms with Crippen LogP contribution in [0.3, 0.4) is 0 Å². The van der Waals surface area contributed by atoms with Crippen molar-refractivity contribution < 1.29 is 4.74 Å². The van der Waals surface area contributed by atoms with Crippen LogP contribution >= 0.6 is 11.8 Å². The molecule has 4 nitrogen and oxygen atoms in total. The van der Waals surface area contributed by atoms with Crippen LogP contribution in [0.5, 0.6) is 5.75 Å². The summed E-state index contributed by atoms with van der Waals surface area (Å²) < 4.78 is 8.09. The van der Waals surface area contributed by atoms with Crippen molar-refractivity contribution in [3.63, 3.8) is 0 Å². The van der Waals surface area contributed by atoms with Crippen molar-refractivity contribution in [2.45, 2.75) is 64.6 Å². The molecule has 1 aromatic carbocycles. The first-order chi connectivity index (χ1) is 11.0. The average Bonchev–Trinajstić information content (AvgIpc) is 2.86. The van der Waals surface area contributed by atoms with E-state index in [-0.39, 0.29) is 0 Å². The van der Waals surface area contributed by atoms with Crippen LogP contribution in [0.25, 0.3) is 0 Å². The molecule has 0 fully saturated rings. The summed E-state index contributed by atoms with van der Waals surface area (Å²) in [7, 11) is 0.